The van der Waals surface area contributed by atoms with Crippen LogP contribution in [0.5, 0.6) is 0 Å². The first-order valence-corrected chi connectivity index (χ1v) is 7.21. The van der Waals surface area contributed by atoms with Crippen molar-refractivity contribution in [3.05, 3.63) is 24.0 Å². The number of hydrogen-bond acceptors (Lipinski definition) is 3. The first-order valence-electron chi connectivity index (χ1n) is 7.21. The highest BCUT2D eigenvalue weighted by molar-refractivity contribution is 5.92. The van der Waals surface area contributed by atoms with Crippen LogP contribution in [0.15, 0.2) is 18.3 Å². The summed E-state index contributed by atoms with van der Waals surface area (Å²) in [4.78, 5) is 18.8. The number of aromatic nitrogens is 1. The molecule has 1 fully saturated rings. The van der Waals surface area contributed by atoms with Gasteiger partial charge in [0.15, 0.2) is 0 Å². The first-order chi connectivity index (χ1) is 9.26. The number of amides is 1. The number of pyridine rings is 1. The van der Waals surface area contributed by atoms with Gasteiger partial charge in [0.25, 0.3) is 5.91 Å². The Labute approximate surface area is 115 Å². The molecule has 2 rings (SSSR count). The van der Waals surface area contributed by atoms with Crippen molar-refractivity contribution < 1.29 is 4.79 Å². The van der Waals surface area contributed by atoms with E-state index in [0.717, 1.165) is 25.1 Å². The van der Waals surface area contributed by atoms with Crippen molar-refractivity contribution in [3.8, 4) is 0 Å². The lowest BCUT2D eigenvalue weighted by molar-refractivity contribution is 0.0642. The number of rotatable bonds is 4. The number of nitrogens with zero attached hydrogens (tertiary/aromatic N) is 2. The predicted molar refractivity (Wildman–Crippen MR) is 77.4 cm³/mol. The lowest BCUT2D eigenvalue weighted by Crippen LogP contribution is -2.41. The van der Waals surface area contributed by atoms with E-state index < -0.39 is 0 Å². The average molecular weight is 261 g/mol. The average Bonchev–Trinajstić information content (AvgIpc) is 2.49. The van der Waals surface area contributed by atoms with E-state index in [1.807, 2.05) is 18.0 Å². The standard InChI is InChI=1S/C15H23N3O/c1-3-18(13-7-5-4-6-8-13)15(19)14-10-9-12(16-2)11-17-14/h9-11,13,16H,3-8H2,1-2H3. The quantitative estimate of drug-likeness (QED) is 0.906. The van der Waals surface area contributed by atoms with Gasteiger partial charge in [-0.05, 0) is 31.9 Å². The third kappa shape index (κ3) is 3.25. The van der Waals surface area contributed by atoms with Crippen LogP contribution in [0, 0.1) is 0 Å². The van der Waals surface area contributed by atoms with Crippen LogP contribution < -0.4 is 5.32 Å². The van der Waals surface area contributed by atoms with Gasteiger partial charge >= 0.3 is 0 Å². The fourth-order valence-corrected chi connectivity index (χ4v) is 2.78. The fourth-order valence-electron chi connectivity index (χ4n) is 2.78. The van der Waals surface area contributed by atoms with Gasteiger partial charge in [0, 0.05) is 19.6 Å². The summed E-state index contributed by atoms with van der Waals surface area (Å²) in [6.07, 6.45) is 7.75. The molecule has 1 N–H and O–H groups in total. The molecule has 1 aromatic heterocycles. The van der Waals surface area contributed by atoms with Crippen molar-refractivity contribution in [2.24, 2.45) is 0 Å². The minimum Gasteiger partial charge on any atom is -0.387 e. The third-order valence-electron chi connectivity index (χ3n) is 3.89. The Morgan fingerprint density at radius 1 is 1.37 bits per heavy atom. The maximum absolute atomic E-state index is 12.5. The second kappa shape index (κ2) is 6.55. The highest BCUT2D eigenvalue weighted by atomic mass is 16.2. The summed E-state index contributed by atoms with van der Waals surface area (Å²) >= 11 is 0. The van der Waals surface area contributed by atoms with Crippen LogP contribution in [0.25, 0.3) is 0 Å². The summed E-state index contributed by atoms with van der Waals surface area (Å²) in [5.74, 6) is 0.0667. The lowest BCUT2D eigenvalue weighted by Gasteiger charge is -2.33. The zero-order valence-electron chi connectivity index (χ0n) is 11.9. The molecule has 1 saturated carbocycles. The Balaban J connectivity index is 2.10. The zero-order valence-corrected chi connectivity index (χ0v) is 11.9. The van der Waals surface area contributed by atoms with Gasteiger partial charge in [-0.2, -0.15) is 0 Å². The monoisotopic (exact) mass is 261 g/mol. The van der Waals surface area contributed by atoms with Gasteiger partial charge in [-0.15, -0.1) is 0 Å². The summed E-state index contributed by atoms with van der Waals surface area (Å²) in [5.41, 5.74) is 1.48. The van der Waals surface area contributed by atoms with E-state index in [4.69, 9.17) is 0 Å². The van der Waals surface area contributed by atoms with E-state index in [9.17, 15) is 4.79 Å². The maximum Gasteiger partial charge on any atom is 0.272 e. The molecule has 0 saturated heterocycles. The van der Waals surface area contributed by atoms with E-state index in [1.165, 1.54) is 19.3 Å². The van der Waals surface area contributed by atoms with Gasteiger partial charge in [0.05, 0.1) is 11.9 Å². The summed E-state index contributed by atoms with van der Waals surface area (Å²) in [7, 11) is 1.85. The number of anilines is 1. The molecule has 4 nitrogen and oxygen atoms in total. The van der Waals surface area contributed by atoms with E-state index in [2.05, 4.69) is 17.2 Å². The molecular weight excluding hydrogens is 238 g/mol. The zero-order chi connectivity index (χ0) is 13.7. The van der Waals surface area contributed by atoms with Crippen molar-refractivity contribution >= 4 is 11.6 Å². The smallest absolute Gasteiger partial charge is 0.272 e. The lowest BCUT2D eigenvalue weighted by atomic mass is 9.94. The number of hydrogen-bond donors (Lipinski definition) is 1. The normalized spacial score (nSPS) is 16.1. The molecule has 0 aliphatic heterocycles. The molecule has 0 spiro atoms. The summed E-state index contributed by atoms with van der Waals surface area (Å²) < 4.78 is 0. The molecule has 1 aliphatic carbocycles. The molecule has 0 radical (unpaired) electrons. The molecule has 1 amide bonds. The SMILES string of the molecule is CCN(C(=O)c1ccc(NC)cn1)C1CCCCC1. The van der Waals surface area contributed by atoms with Gasteiger partial charge in [0.2, 0.25) is 0 Å². The molecule has 1 aromatic rings. The molecule has 0 unspecified atom stereocenters. The molecule has 104 valence electrons. The van der Waals surface area contributed by atoms with E-state index in [-0.39, 0.29) is 5.91 Å². The Hall–Kier alpha value is -1.58. The number of carbonyl (C=O) groups is 1. The highest BCUT2D eigenvalue weighted by Gasteiger charge is 2.25. The van der Waals surface area contributed by atoms with Crippen LogP contribution >= 0.6 is 0 Å². The molecule has 0 atom stereocenters. The van der Waals surface area contributed by atoms with Gasteiger partial charge in [-0.1, -0.05) is 19.3 Å². The first kappa shape index (κ1) is 13.8. The fraction of sp³-hybridized carbons (Fsp3) is 0.600. The Morgan fingerprint density at radius 3 is 2.63 bits per heavy atom. The van der Waals surface area contributed by atoms with Crippen molar-refractivity contribution in [1.29, 1.82) is 0 Å². The largest absolute Gasteiger partial charge is 0.387 e. The second-order valence-corrected chi connectivity index (χ2v) is 5.07. The van der Waals surface area contributed by atoms with E-state index in [1.54, 1.807) is 12.3 Å². The second-order valence-electron chi connectivity index (χ2n) is 5.07. The van der Waals surface area contributed by atoms with E-state index >= 15 is 0 Å². The van der Waals surface area contributed by atoms with Crippen LogP contribution in [-0.2, 0) is 0 Å². The van der Waals surface area contributed by atoms with Crippen LogP contribution in [0.3, 0.4) is 0 Å². The van der Waals surface area contributed by atoms with Gasteiger partial charge in [-0.3, -0.25) is 4.79 Å². The van der Waals surface area contributed by atoms with E-state index in [0.29, 0.717) is 11.7 Å². The Kier molecular flexibility index (Phi) is 4.77. The molecule has 19 heavy (non-hydrogen) atoms. The minimum atomic E-state index is 0.0667. The summed E-state index contributed by atoms with van der Waals surface area (Å²) in [6.45, 7) is 2.81. The topological polar surface area (TPSA) is 45.2 Å². The maximum atomic E-state index is 12.5. The molecule has 1 aliphatic rings. The Bertz CT molecular complexity index is 410. The predicted octanol–water partition coefficient (Wildman–Crippen LogP) is 2.92. The molecule has 0 aromatic carbocycles. The van der Waals surface area contributed by atoms with Gasteiger partial charge in [-0.25, -0.2) is 4.98 Å². The molecule has 0 bridgehead atoms. The van der Waals surface area contributed by atoms with Crippen LogP contribution in [0.1, 0.15) is 49.5 Å². The number of nitrogens with one attached hydrogen (secondary N) is 1. The van der Waals surface area contributed by atoms with Crippen molar-refractivity contribution in [2.75, 3.05) is 18.9 Å². The molecule has 4 heteroatoms. The van der Waals surface area contributed by atoms with Crippen molar-refractivity contribution in [1.82, 2.24) is 9.88 Å². The number of carbonyl (C=O) groups excluding carboxylic acids is 1. The summed E-state index contributed by atoms with van der Waals surface area (Å²) in [5, 5.41) is 3.01. The van der Waals surface area contributed by atoms with Crippen LogP contribution in [0.2, 0.25) is 0 Å². The van der Waals surface area contributed by atoms with Crippen molar-refractivity contribution in [3.63, 3.8) is 0 Å². The molecular formula is C15H23N3O. The van der Waals surface area contributed by atoms with Gasteiger partial charge in [0.1, 0.15) is 5.69 Å². The minimum absolute atomic E-state index is 0.0667. The third-order valence-corrected chi connectivity index (χ3v) is 3.89. The van der Waals surface area contributed by atoms with Crippen LogP contribution in [-0.4, -0.2) is 35.4 Å². The molecule has 1 heterocycles. The Morgan fingerprint density at radius 2 is 2.11 bits per heavy atom. The highest BCUT2D eigenvalue weighted by Crippen LogP contribution is 2.23. The summed E-state index contributed by atoms with van der Waals surface area (Å²) in [6, 6.07) is 4.10. The van der Waals surface area contributed by atoms with Gasteiger partial charge < -0.3 is 10.2 Å². The van der Waals surface area contributed by atoms with Crippen LogP contribution in [0.4, 0.5) is 5.69 Å². The van der Waals surface area contributed by atoms with Crippen molar-refractivity contribution in [2.45, 2.75) is 45.1 Å².